The van der Waals surface area contributed by atoms with Gasteiger partial charge in [-0.1, -0.05) is 88.1 Å². The number of ether oxygens (including phenoxy) is 3. The molecule has 2 unspecified atom stereocenters. The van der Waals surface area contributed by atoms with Crippen LogP contribution in [0.1, 0.15) is 110 Å². The Morgan fingerprint density at radius 1 is 0.705 bits per heavy atom. The molecule has 0 aliphatic heterocycles. The molecule has 0 spiro atoms. The Bertz CT molecular complexity index is 870. The van der Waals surface area contributed by atoms with Crippen molar-refractivity contribution in [2.75, 3.05) is 41.0 Å². The van der Waals surface area contributed by atoms with Crippen molar-refractivity contribution in [3.63, 3.8) is 0 Å². The van der Waals surface area contributed by atoms with E-state index in [1.165, 1.54) is 0 Å². The lowest BCUT2D eigenvalue weighted by Crippen LogP contribution is -2.55. The van der Waals surface area contributed by atoms with Crippen molar-refractivity contribution in [2.45, 2.75) is 122 Å². The molecule has 252 valence electrons. The summed E-state index contributed by atoms with van der Waals surface area (Å²) in [5.41, 5.74) is 0. The molecule has 0 heterocycles. The zero-order valence-corrected chi connectivity index (χ0v) is 28.3. The van der Waals surface area contributed by atoms with Gasteiger partial charge in [0, 0.05) is 19.3 Å². The van der Waals surface area contributed by atoms with Crippen LogP contribution in [0.4, 0.5) is 0 Å². The van der Waals surface area contributed by atoms with Gasteiger partial charge in [0.1, 0.15) is 12.6 Å². The number of carbonyl (C=O) groups excluding carboxylic acids is 3. The maximum Gasteiger partial charge on any atom is 0.306 e. The molecule has 0 fully saturated rings. The first-order valence-electron chi connectivity index (χ1n) is 16.7. The molecule has 0 N–H and O–H groups in total. The first-order valence-corrected chi connectivity index (χ1v) is 16.7. The molecular weight excluding hydrogens is 558 g/mol. The number of allylic oxidation sites excluding steroid dienone is 8. The minimum absolute atomic E-state index is 0.0222. The third kappa shape index (κ3) is 25.8. The van der Waals surface area contributed by atoms with Crippen LogP contribution in [-0.4, -0.2) is 75.5 Å². The van der Waals surface area contributed by atoms with Gasteiger partial charge in [-0.2, -0.15) is 0 Å². The summed E-state index contributed by atoms with van der Waals surface area (Å²) in [4.78, 5) is 36.2. The predicted octanol–water partition coefficient (Wildman–Crippen LogP) is 6.40. The van der Waals surface area contributed by atoms with Crippen LogP contribution in [0.5, 0.6) is 0 Å². The van der Waals surface area contributed by atoms with Crippen molar-refractivity contribution in [1.82, 2.24) is 0 Å². The molecule has 0 aliphatic rings. The van der Waals surface area contributed by atoms with Gasteiger partial charge in [-0.25, -0.2) is 0 Å². The van der Waals surface area contributed by atoms with Gasteiger partial charge in [0.25, 0.3) is 0 Å². The number of aliphatic carboxylic acids is 1. The van der Waals surface area contributed by atoms with Gasteiger partial charge in [0.05, 0.1) is 40.3 Å². The molecule has 0 aromatic heterocycles. The number of esters is 2. The summed E-state index contributed by atoms with van der Waals surface area (Å²) in [6, 6.07) is -0.730. The lowest BCUT2D eigenvalue weighted by Gasteiger charge is -2.34. The van der Waals surface area contributed by atoms with Crippen molar-refractivity contribution in [2.24, 2.45) is 0 Å². The fraction of sp³-hybridized carbons (Fsp3) is 0.694. The molecule has 0 saturated carbocycles. The zero-order chi connectivity index (χ0) is 32.9. The largest absolute Gasteiger partial charge is 0.544 e. The van der Waals surface area contributed by atoms with E-state index in [0.717, 1.165) is 70.6 Å². The molecule has 0 amide bonds. The number of nitrogens with zero attached hydrogens (tertiary/aromatic N) is 1. The number of unbranched alkanes of at least 4 members (excludes halogenated alkanes) is 6. The fourth-order valence-electron chi connectivity index (χ4n) is 4.35. The number of likely N-dealkylation sites (N-methyl/N-ethyl adjacent to an activating group) is 1. The van der Waals surface area contributed by atoms with Crippen LogP contribution in [0, 0.1) is 0 Å². The summed E-state index contributed by atoms with van der Waals surface area (Å²) >= 11 is 0. The molecule has 0 aromatic rings. The summed E-state index contributed by atoms with van der Waals surface area (Å²) in [6.07, 6.45) is 28.9. The SMILES string of the molecule is CC/C=C\C/C=C\C/C=C\C/C=C\CCCCC(=O)OC(COCCC(C(=O)[O-])[N+](C)(C)C)COC(=O)CCCCCCC. The van der Waals surface area contributed by atoms with E-state index in [9.17, 15) is 19.5 Å². The van der Waals surface area contributed by atoms with Crippen LogP contribution in [0.25, 0.3) is 0 Å². The lowest BCUT2D eigenvalue weighted by atomic mass is 10.1. The maximum atomic E-state index is 12.5. The van der Waals surface area contributed by atoms with Crippen LogP contribution < -0.4 is 5.11 Å². The van der Waals surface area contributed by atoms with Gasteiger partial charge in [0.15, 0.2) is 6.10 Å². The number of carbonyl (C=O) groups is 3. The topological polar surface area (TPSA) is 102 Å². The monoisotopic (exact) mass is 619 g/mol. The van der Waals surface area contributed by atoms with E-state index >= 15 is 0 Å². The molecule has 8 heteroatoms. The van der Waals surface area contributed by atoms with Crippen LogP contribution in [0.2, 0.25) is 0 Å². The van der Waals surface area contributed by atoms with Gasteiger partial charge in [-0.05, 0) is 51.4 Å². The Kier molecular flexibility index (Phi) is 26.1. The molecule has 0 aromatic carbocycles. The molecule has 0 saturated heterocycles. The van der Waals surface area contributed by atoms with Crippen molar-refractivity contribution in [3.8, 4) is 0 Å². The average molecular weight is 620 g/mol. The van der Waals surface area contributed by atoms with Gasteiger partial charge >= 0.3 is 11.9 Å². The standard InChI is InChI=1S/C36H61NO7/c1-6-8-10-12-13-14-15-16-17-18-19-20-21-23-25-27-35(39)44-32(31-43-34(38)26-24-22-11-9-7-2)30-42-29-28-33(36(40)41)37(3,4)5/h8,10,13-14,16-17,19-20,32-33H,6-7,9,11-12,15,18,21-31H2,1-5H3/b10-8-,14-13-,17-16-,20-19-. The Hall–Kier alpha value is -2.71. The Labute approximate surface area is 267 Å². The van der Waals surface area contributed by atoms with E-state index in [4.69, 9.17) is 14.2 Å². The number of carboxylic acid groups (broad SMARTS) is 1. The van der Waals surface area contributed by atoms with Crippen molar-refractivity contribution in [3.05, 3.63) is 48.6 Å². The van der Waals surface area contributed by atoms with E-state index < -0.39 is 18.1 Å². The van der Waals surface area contributed by atoms with Crippen LogP contribution in [0.3, 0.4) is 0 Å². The molecule has 44 heavy (non-hydrogen) atoms. The minimum Gasteiger partial charge on any atom is -0.544 e. The smallest absolute Gasteiger partial charge is 0.306 e. The normalized spacial score (nSPS) is 13.8. The molecule has 8 nitrogen and oxygen atoms in total. The van der Waals surface area contributed by atoms with E-state index in [0.29, 0.717) is 12.8 Å². The van der Waals surface area contributed by atoms with Gasteiger partial charge < -0.3 is 28.6 Å². The zero-order valence-electron chi connectivity index (χ0n) is 28.3. The molecule has 0 rings (SSSR count). The number of quaternary nitrogens is 1. The van der Waals surface area contributed by atoms with E-state index in [2.05, 4.69) is 62.5 Å². The minimum atomic E-state index is -1.14. The number of hydrogen-bond acceptors (Lipinski definition) is 7. The Balaban J connectivity index is 4.50. The average Bonchev–Trinajstić information content (AvgIpc) is 2.96. The summed E-state index contributed by atoms with van der Waals surface area (Å²) in [5.74, 6) is -1.82. The Morgan fingerprint density at radius 2 is 1.27 bits per heavy atom. The Morgan fingerprint density at radius 3 is 1.86 bits per heavy atom. The molecule has 2 atom stereocenters. The van der Waals surface area contributed by atoms with Crippen molar-refractivity contribution < 1.29 is 38.2 Å². The summed E-state index contributed by atoms with van der Waals surface area (Å²) in [5, 5.41) is 11.5. The highest BCUT2D eigenvalue weighted by atomic mass is 16.6. The van der Waals surface area contributed by atoms with Gasteiger partial charge in [-0.3, -0.25) is 9.59 Å². The van der Waals surface area contributed by atoms with E-state index in [1.54, 1.807) is 21.1 Å². The van der Waals surface area contributed by atoms with Crippen LogP contribution >= 0.6 is 0 Å². The third-order valence-electron chi connectivity index (χ3n) is 6.98. The highest BCUT2D eigenvalue weighted by Crippen LogP contribution is 2.10. The number of rotatable bonds is 28. The number of carboxylic acids is 1. The molecule has 0 bridgehead atoms. The second-order valence-electron chi connectivity index (χ2n) is 12.0. The fourth-order valence-corrected chi connectivity index (χ4v) is 4.35. The highest BCUT2D eigenvalue weighted by Gasteiger charge is 2.25. The highest BCUT2D eigenvalue weighted by molar-refractivity contribution is 5.70. The lowest BCUT2D eigenvalue weighted by molar-refractivity contribution is -0.889. The first kappa shape index (κ1) is 41.3. The van der Waals surface area contributed by atoms with Gasteiger partial charge in [-0.15, -0.1) is 0 Å². The van der Waals surface area contributed by atoms with Crippen molar-refractivity contribution in [1.29, 1.82) is 0 Å². The third-order valence-corrected chi connectivity index (χ3v) is 6.98. The summed E-state index contributed by atoms with van der Waals surface area (Å²) in [7, 11) is 5.36. The van der Waals surface area contributed by atoms with E-state index in [1.807, 2.05) is 0 Å². The van der Waals surface area contributed by atoms with Crippen molar-refractivity contribution >= 4 is 17.9 Å². The number of hydrogen-bond donors (Lipinski definition) is 0. The second-order valence-corrected chi connectivity index (χ2v) is 12.0. The summed E-state index contributed by atoms with van der Waals surface area (Å²) < 4.78 is 16.9. The van der Waals surface area contributed by atoms with Crippen LogP contribution in [0.15, 0.2) is 48.6 Å². The van der Waals surface area contributed by atoms with Gasteiger partial charge in [0.2, 0.25) is 0 Å². The van der Waals surface area contributed by atoms with E-state index in [-0.39, 0.29) is 49.1 Å². The summed E-state index contributed by atoms with van der Waals surface area (Å²) in [6.45, 7) is 4.37. The predicted molar refractivity (Wildman–Crippen MR) is 176 cm³/mol. The second kappa shape index (κ2) is 27.8. The maximum absolute atomic E-state index is 12.5. The molecular formula is C36H61NO7. The van der Waals surface area contributed by atoms with Crippen LogP contribution in [-0.2, 0) is 28.6 Å². The molecule has 0 aliphatic carbocycles. The quantitative estimate of drug-likeness (QED) is 0.0432. The molecule has 0 radical (unpaired) electrons. The first-order chi connectivity index (χ1) is 21.1.